The molecule has 0 radical (unpaired) electrons. The summed E-state index contributed by atoms with van der Waals surface area (Å²) in [6.45, 7) is 4.69. The summed E-state index contributed by atoms with van der Waals surface area (Å²) in [6.07, 6.45) is 1.86. The van der Waals surface area contributed by atoms with Gasteiger partial charge < -0.3 is 10.6 Å². The number of aromatic nitrogens is 3. The minimum absolute atomic E-state index is 0.619. The van der Waals surface area contributed by atoms with E-state index in [-0.39, 0.29) is 0 Å². The Morgan fingerprint density at radius 1 is 1.21 bits per heavy atom. The van der Waals surface area contributed by atoms with Crippen molar-refractivity contribution in [1.29, 1.82) is 0 Å². The summed E-state index contributed by atoms with van der Waals surface area (Å²) in [5.74, 6) is 1.42. The van der Waals surface area contributed by atoms with Crippen LogP contribution in [0.5, 0.6) is 0 Å². The van der Waals surface area contributed by atoms with Gasteiger partial charge in [0.1, 0.15) is 10.4 Å². The third-order valence-corrected chi connectivity index (χ3v) is 3.16. The SMILES string of the molecule is CNc1nc(C)cc(NCc2cnc(Br)cc2C)n1. The van der Waals surface area contributed by atoms with E-state index in [0.29, 0.717) is 12.5 Å². The normalized spacial score (nSPS) is 10.3. The van der Waals surface area contributed by atoms with Crippen LogP contribution in [0, 0.1) is 13.8 Å². The first-order valence-electron chi connectivity index (χ1n) is 5.97. The summed E-state index contributed by atoms with van der Waals surface area (Å²) in [5, 5.41) is 6.23. The lowest BCUT2D eigenvalue weighted by Crippen LogP contribution is -2.06. The van der Waals surface area contributed by atoms with Gasteiger partial charge >= 0.3 is 0 Å². The Balaban J connectivity index is 2.12. The predicted molar refractivity (Wildman–Crippen MR) is 80.3 cm³/mol. The fourth-order valence-electron chi connectivity index (χ4n) is 1.69. The minimum atomic E-state index is 0.619. The third-order valence-electron chi connectivity index (χ3n) is 2.72. The molecule has 0 aliphatic rings. The van der Waals surface area contributed by atoms with E-state index < -0.39 is 0 Å². The first kappa shape index (κ1) is 13.7. The highest BCUT2D eigenvalue weighted by atomic mass is 79.9. The van der Waals surface area contributed by atoms with E-state index in [4.69, 9.17) is 0 Å². The Kier molecular flexibility index (Phi) is 4.31. The van der Waals surface area contributed by atoms with Crippen molar-refractivity contribution in [2.75, 3.05) is 17.7 Å². The molecule has 0 atom stereocenters. The molecule has 100 valence electrons. The number of nitrogens with zero attached hydrogens (tertiary/aromatic N) is 3. The number of rotatable bonds is 4. The number of anilines is 2. The topological polar surface area (TPSA) is 62.7 Å². The van der Waals surface area contributed by atoms with Crippen LogP contribution in [-0.2, 0) is 6.54 Å². The molecule has 0 spiro atoms. The number of aryl methyl sites for hydroxylation is 2. The van der Waals surface area contributed by atoms with Crippen molar-refractivity contribution in [2.24, 2.45) is 0 Å². The standard InChI is InChI=1S/C13H16BrN5/c1-8-4-11(14)16-6-10(8)7-17-12-5-9(2)18-13(15-3)19-12/h4-6H,7H2,1-3H3,(H2,15,17,18,19). The second-order valence-electron chi connectivity index (χ2n) is 4.26. The number of nitrogens with one attached hydrogen (secondary N) is 2. The van der Waals surface area contributed by atoms with Crippen LogP contribution in [0.25, 0.3) is 0 Å². The molecule has 0 fully saturated rings. The van der Waals surface area contributed by atoms with E-state index in [1.54, 1.807) is 7.05 Å². The highest BCUT2D eigenvalue weighted by Crippen LogP contribution is 2.15. The molecule has 6 heteroatoms. The molecule has 0 amide bonds. The van der Waals surface area contributed by atoms with Gasteiger partial charge in [-0.05, 0) is 47.0 Å². The number of pyridine rings is 1. The Bertz CT molecular complexity index is 585. The zero-order chi connectivity index (χ0) is 13.8. The second kappa shape index (κ2) is 5.97. The summed E-state index contributed by atoms with van der Waals surface area (Å²) in [5.41, 5.74) is 3.26. The van der Waals surface area contributed by atoms with Crippen LogP contribution in [0.4, 0.5) is 11.8 Å². The van der Waals surface area contributed by atoms with E-state index in [2.05, 4.69) is 48.4 Å². The minimum Gasteiger partial charge on any atom is -0.366 e. The smallest absolute Gasteiger partial charge is 0.224 e. The Labute approximate surface area is 121 Å². The molecule has 0 aromatic carbocycles. The van der Waals surface area contributed by atoms with Gasteiger partial charge in [0.2, 0.25) is 5.95 Å². The van der Waals surface area contributed by atoms with Gasteiger partial charge in [0.25, 0.3) is 0 Å². The van der Waals surface area contributed by atoms with E-state index in [1.807, 2.05) is 25.3 Å². The van der Waals surface area contributed by atoms with Crippen LogP contribution in [0.1, 0.15) is 16.8 Å². The maximum atomic E-state index is 4.35. The number of hydrogen-bond acceptors (Lipinski definition) is 5. The third kappa shape index (κ3) is 3.64. The first-order chi connectivity index (χ1) is 9.08. The molecule has 0 aliphatic carbocycles. The first-order valence-corrected chi connectivity index (χ1v) is 6.76. The van der Waals surface area contributed by atoms with Crippen LogP contribution in [0.2, 0.25) is 0 Å². The fourth-order valence-corrected chi connectivity index (χ4v) is 2.14. The van der Waals surface area contributed by atoms with Crippen molar-refractivity contribution in [3.63, 3.8) is 0 Å². The molecule has 19 heavy (non-hydrogen) atoms. The van der Waals surface area contributed by atoms with Crippen LogP contribution < -0.4 is 10.6 Å². The van der Waals surface area contributed by atoms with Crippen molar-refractivity contribution in [3.8, 4) is 0 Å². The van der Waals surface area contributed by atoms with Gasteiger partial charge in [-0.3, -0.25) is 0 Å². The molecule has 2 aromatic heterocycles. The fraction of sp³-hybridized carbons (Fsp3) is 0.308. The Morgan fingerprint density at radius 3 is 2.68 bits per heavy atom. The van der Waals surface area contributed by atoms with Gasteiger partial charge in [0, 0.05) is 31.5 Å². The monoisotopic (exact) mass is 321 g/mol. The molecule has 2 aromatic rings. The van der Waals surface area contributed by atoms with Gasteiger partial charge in [0.05, 0.1) is 0 Å². The van der Waals surface area contributed by atoms with Crippen molar-refractivity contribution < 1.29 is 0 Å². The van der Waals surface area contributed by atoms with Gasteiger partial charge in [-0.25, -0.2) is 9.97 Å². The van der Waals surface area contributed by atoms with Gasteiger partial charge in [-0.15, -0.1) is 0 Å². The summed E-state index contributed by atoms with van der Waals surface area (Å²) >= 11 is 3.36. The highest BCUT2D eigenvalue weighted by molar-refractivity contribution is 9.10. The average Bonchev–Trinajstić information content (AvgIpc) is 2.37. The largest absolute Gasteiger partial charge is 0.366 e. The lowest BCUT2D eigenvalue weighted by atomic mass is 10.1. The molecule has 0 unspecified atom stereocenters. The van der Waals surface area contributed by atoms with Gasteiger partial charge in [0.15, 0.2) is 0 Å². The summed E-state index contributed by atoms with van der Waals surface area (Å²) in [7, 11) is 1.81. The van der Waals surface area contributed by atoms with Crippen LogP contribution in [0.3, 0.4) is 0 Å². The summed E-state index contributed by atoms with van der Waals surface area (Å²) < 4.78 is 0.851. The van der Waals surface area contributed by atoms with E-state index in [1.165, 1.54) is 5.56 Å². The zero-order valence-electron chi connectivity index (χ0n) is 11.2. The van der Waals surface area contributed by atoms with Gasteiger partial charge in [-0.1, -0.05) is 0 Å². The molecule has 5 nitrogen and oxygen atoms in total. The van der Waals surface area contributed by atoms with Crippen molar-refractivity contribution >= 4 is 27.7 Å². The zero-order valence-corrected chi connectivity index (χ0v) is 12.7. The molecule has 2 rings (SSSR count). The average molecular weight is 322 g/mol. The molecule has 0 saturated heterocycles. The van der Waals surface area contributed by atoms with Crippen LogP contribution >= 0.6 is 15.9 Å². The maximum Gasteiger partial charge on any atom is 0.224 e. The molecule has 0 aliphatic heterocycles. The lowest BCUT2D eigenvalue weighted by molar-refractivity contribution is 1.03. The number of hydrogen-bond donors (Lipinski definition) is 2. The Hall–Kier alpha value is -1.69. The predicted octanol–water partition coefficient (Wildman–Crippen LogP) is 2.90. The van der Waals surface area contributed by atoms with Crippen LogP contribution in [-0.4, -0.2) is 22.0 Å². The summed E-state index contributed by atoms with van der Waals surface area (Å²) in [4.78, 5) is 12.8. The molecule has 2 N–H and O–H groups in total. The Morgan fingerprint density at radius 2 is 2.00 bits per heavy atom. The molecule has 0 bridgehead atoms. The molecular formula is C13H16BrN5. The second-order valence-corrected chi connectivity index (χ2v) is 5.07. The quantitative estimate of drug-likeness (QED) is 0.848. The maximum absolute atomic E-state index is 4.35. The van der Waals surface area contributed by atoms with Crippen molar-refractivity contribution in [3.05, 3.63) is 39.8 Å². The highest BCUT2D eigenvalue weighted by Gasteiger charge is 2.03. The molecule has 0 saturated carbocycles. The van der Waals surface area contributed by atoms with Gasteiger partial charge in [-0.2, -0.15) is 4.98 Å². The molecular weight excluding hydrogens is 306 g/mol. The van der Waals surface area contributed by atoms with Crippen LogP contribution in [0.15, 0.2) is 22.9 Å². The lowest BCUT2D eigenvalue weighted by Gasteiger charge is -2.10. The van der Waals surface area contributed by atoms with E-state index >= 15 is 0 Å². The molecule has 2 heterocycles. The number of halogens is 1. The van der Waals surface area contributed by atoms with Crippen molar-refractivity contribution in [1.82, 2.24) is 15.0 Å². The van der Waals surface area contributed by atoms with E-state index in [9.17, 15) is 0 Å². The summed E-state index contributed by atoms with van der Waals surface area (Å²) in [6, 6.07) is 3.92. The van der Waals surface area contributed by atoms with Crippen molar-refractivity contribution in [2.45, 2.75) is 20.4 Å². The van der Waals surface area contributed by atoms with E-state index in [0.717, 1.165) is 21.7 Å².